The average Bonchev–Trinajstić information content (AvgIpc) is 2.35. The van der Waals surface area contributed by atoms with Crippen LogP contribution in [0.2, 0.25) is 0 Å². The van der Waals surface area contributed by atoms with E-state index < -0.39 is 0 Å². The van der Waals surface area contributed by atoms with Crippen molar-refractivity contribution in [1.29, 1.82) is 0 Å². The molecule has 0 radical (unpaired) electrons. The predicted octanol–water partition coefficient (Wildman–Crippen LogP) is 3.35. The molecule has 0 amide bonds. The van der Waals surface area contributed by atoms with E-state index in [2.05, 4.69) is 13.8 Å². The third-order valence-corrected chi connectivity index (χ3v) is 3.95. The quantitative estimate of drug-likeness (QED) is 0.724. The zero-order valence-corrected chi connectivity index (χ0v) is 11.1. The zero-order chi connectivity index (χ0) is 11.8. The molecular weight excluding hydrogens is 198 g/mol. The second-order valence-corrected chi connectivity index (χ2v) is 5.29. The number of hydrogen-bond acceptors (Lipinski definition) is 2. The number of ether oxygens (including phenoxy) is 1. The molecule has 1 aliphatic rings. The predicted molar refractivity (Wildman–Crippen MR) is 69.4 cm³/mol. The van der Waals surface area contributed by atoms with Crippen molar-refractivity contribution in [1.82, 2.24) is 0 Å². The smallest absolute Gasteiger partial charge is 0.0509 e. The minimum absolute atomic E-state index is 0.363. The van der Waals surface area contributed by atoms with E-state index >= 15 is 0 Å². The minimum atomic E-state index is 0.363. The van der Waals surface area contributed by atoms with Gasteiger partial charge >= 0.3 is 0 Å². The Morgan fingerprint density at radius 2 is 2.19 bits per heavy atom. The van der Waals surface area contributed by atoms with Gasteiger partial charge in [-0.05, 0) is 31.1 Å². The lowest BCUT2D eigenvalue weighted by Gasteiger charge is -2.30. The van der Waals surface area contributed by atoms with Crippen molar-refractivity contribution < 1.29 is 4.74 Å². The molecule has 2 heteroatoms. The Morgan fingerprint density at radius 1 is 1.38 bits per heavy atom. The van der Waals surface area contributed by atoms with E-state index in [1.807, 2.05) is 0 Å². The fraction of sp³-hybridized carbons (Fsp3) is 1.00. The van der Waals surface area contributed by atoms with Gasteiger partial charge in [-0.2, -0.15) is 0 Å². The Hall–Kier alpha value is -0.0800. The summed E-state index contributed by atoms with van der Waals surface area (Å²) in [4.78, 5) is 0. The maximum atomic E-state index is 6.32. The topological polar surface area (TPSA) is 35.2 Å². The van der Waals surface area contributed by atoms with Gasteiger partial charge in [0.1, 0.15) is 0 Å². The van der Waals surface area contributed by atoms with Crippen LogP contribution in [-0.4, -0.2) is 19.3 Å². The van der Waals surface area contributed by atoms with Gasteiger partial charge in [0.2, 0.25) is 0 Å². The molecule has 0 aromatic heterocycles. The molecular formula is C14H29NO. The van der Waals surface area contributed by atoms with E-state index in [0.29, 0.717) is 12.0 Å². The summed E-state index contributed by atoms with van der Waals surface area (Å²) < 4.78 is 5.52. The van der Waals surface area contributed by atoms with Crippen LogP contribution in [0.3, 0.4) is 0 Å². The molecule has 0 bridgehead atoms. The van der Waals surface area contributed by atoms with Gasteiger partial charge in [-0.1, -0.05) is 39.5 Å². The van der Waals surface area contributed by atoms with Gasteiger partial charge in [0.15, 0.2) is 0 Å². The molecule has 3 atom stereocenters. The van der Waals surface area contributed by atoms with E-state index in [4.69, 9.17) is 10.5 Å². The van der Waals surface area contributed by atoms with Crippen LogP contribution < -0.4 is 5.73 Å². The molecule has 1 rings (SSSR count). The third-order valence-electron chi connectivity index (χ3n) is 3.95. The fourth-order valence-electron chi connectivity index (χ4n) is 2.66. The highest BCUT2D eigenvalue weighted by molar-refractivity contribution is 4.77. The SMILES string of the molecule is CCCCC(CC)CC(N)C1CCCOC1. The number of nitrogens with two attached hydrogens (primary N) is 1. The van der Waals surface area contributed by atoms with E-state index in [1.54, 1.807) is 0 Å². The summed E-state index contributed by atoms with van der Waals surface area (Å²) in [5.41, 5.74) is 6.32. The Morgan fingerprint density at radius 3 is 2.75 bits per heavy atom. The molecule has 0 spiro atoms. The van der Waals surface area contributed by atoms with Crippen LogP contribution in [0.5, 0.6) is 0 Å². The summed E-state index contributed by atoms with van der Waals surface area (Å²) >= 11 is 0. The molecule has 1 heterocycles. The highest BCUT2D eigenvalue weighted by Crippen LogP contribution is 2.24. The molecule has 96 valence electrons. The summed E-state index contributed by atoms with van der Waals surface area (Å²) in [7, 11) is 0. The first kappa shape index (κ1) is 14.0. The molecule has 16 heavy (non-hydrogen) atoms. The van der Waals surface area contributed by atoms with Crippen LogP contribution in [0.1, 0.15) is 58.8 Å². The van der Waals surface area contributed by atoms with E-state index in [0.717, 1.165) is 19.1 Å². The van der Waals surface area contributed by atoms with Gasteiger partial charge < -0.3 is 10.5 Å². The van der Waals surface area contributed by atoms with Gasteiger partial charge in [-0.15, -0.1) is 0 Å². The maximum Gasteiger partial charge on any atom is 0.0509 e. The van der Waals surface area contributed by atoms with Crippen LogP contribution in [0.4, 0.5) is 0 Å². The van der Waals surface area contributed by atoms with Gasteiger partial charge in [0, 0.05) is 12.6 Å². The van der Waals surface area contributed by atoms with Crippen molar-refractivity contribution in [3.63, 3.8) is 0 Å². The number of hydrogen-bond donors (Lipinski definition) is 1. The van der Waals surface area contributed by atoms with Crippen molar-refractivity contribution in [2.24, 2.45) is 17.6 Å². The van der Waals surface area contributed by atoms with Crippen LogP contribution >= 0.6 is 0 Å². The average molecular weight is 227 g/mol. The molecule has 0 aliphatic carbocycles. The zero-order valence-electron chi connectivity index (χ0n) is 11.1. The van der Waals surface area contributed by atoms with Crippen LogP contribution in [0.25, 0.3) is 0 Å². The molecule has 1 aliphatic heterocycles. The second kappa shape index (κ2) is 8.08. The monoisotopic (exact) mass is 227 g/mol. The lowest BCUT2D eigenvalue weighted by atomic mass is 9.85. The van der Waals surface area contributed by atoms with Crippen LogP contribution in [0.15, 0.2) is 0 Å². The normalized spacial score (nSPS) is 25.3. The number of rotatable bonds is 7. The third kappa shape index (κ3) is 4.84. The molecule has 2 nitrogen and oxygen atoms in total. The van der Waals surface area contributed by atoms with Crippen LogP contribution in [0, 0.1) is 11.8 Å². The summed E-state index contributed by atoms with van der Waals surface area (Å²) in [5.74, 6) is 1.45. The second-order valence-electron chi connectivity index (χ2n) is 5.29. The molecule has 2 N–H and O–H groups in total. The largest absolute Gasteiger partial charge is 0.381 e. The summed E-state index contributed by atoms with van der Waals surface area (Å²) in [5, 5.41) is 0. The fourth-order valence-corrected chi connectivity index (χ4v) is 2.66. The van der Waals surface area contributed by atoms with Gasteiger partial charge in [-0.3, -0.25) is 0 Å². The summed E-state index contributed by atoms with van der Waals surface area (Å²) in [6.07, 6.45) is 8.96. The number of unbranched alkanes of at least 4 members (excludes halogenated alkanes) is 1. The first-order valence-corrected chi connectivity index (χ1v) is 7.11. The molecule has 0 aromatic carbocycles. The first-order valence-electron chi connectivity index (χ1n) is 7.11. The Bertz CT molecular complexity index is 166. The van der Waals surface area contributed by atoms with Crippen molar-refractivity contribution in [3.05, 3.63) is 0 Å². The van der Waals surface area contributed by atoms with Crippen molar-refractivity contribution >= 4 is 0 Å². The summed E-state index contributed by atoms with van der Waals surface area (Å²) in [6.45, 7) is 6.40. The first-order chi connectivity index (χ1) is 7.77. The van der Waals surface area contributed by atoms with Crippen LogP contribution in [-0.2, 0) is 4.74 Å². The van der Waals surface area contributed by atoms with Crippen molar-refractivity contribution in [3.8, 4) is 0 Å². The Balaban J connectivity index is 2.26. The highest BCUT2D eigenvalue weighted by Gasteiger charge is 2.23. The Kier molecular flexibility index (Phi) is 7.06. The lowest BCUT2D eigenvalue weighted by molar-refractivity contribution is 0.0412. The minimum Gasteiger partial charge on any atom is -0.381 e. The molecule has 1 saturated heterocycles. The van der Waals surface area contributed by atoms with Crippen molar-refractivity contribution in [2.45, 2.75) is 64.8 Å². The standard InChI is InChI=1S/C14H29NO/c1-3-5-7-12(4-2)10-14(15)13-8-6-9-16-11-13/h12-14H,3-11,15H2,1-2H3. The van der Waals surface area contributed by atoms with Gasteiger partial charge in [-0.25, -0.2) is 0 Å². The summed E-state index contributed by atoms with van der Waals surface area (Å²) in [6, 6.07) is 0.363. The van der Waals surface area contributed by atoms with E-state index in [1.165, 1.54) is 44.9 Å². The molecule has 0 aromatic rings. The molecule has 0 saturated carbocycles. The lowest BCUT2D eigenvalue weighted by Crippen LogP contribution is -2.37. The molecule has 3 unspecified atom stereocenters. The van der Waals surface area contributed by atoms with Gasteiger partial charge in [0.25, 0.3) is 0 Å². The molecule has 1 fully saturated rings. The van der Waals surface area contributed by atoms with E-state index in [9.17, 15) is 0 Å². The highest BCUT2D eigenvalue weighted by atomic mass is 16.5. The van der Waals surface area contributed by atoms with Crippen molar-refractivity contribution in [2.75, 3.05) is 13.2 Å². The van der Waals surface area contributed by atoms with E-state index in [-0.39, 0.29) is 0 Å². The maximum absolute atomic E-state index is 6.32. The Labute approximate surface area is 101 Å². The van der Waals surface area contributed by atoms with Gasteiger partial charge in [0.05, 0.1) is 6.61 Å².